The van der Waals surface area contributed by atoms with Gasteiger partial charge in [0.2, 0.25) is 5.91 Å². The van der Waals surface area contributed by atoms with E-state index in [0.717, 1.165) is 0 Å². The summed E-state index contributed by atoms with van der Waals surface area (Å²) in [7, 11) is 2.95. The molecule has 0 aliphatic carbocycles. The Labute approximate surface area is 179 Å². The molecule has 164 valence electrons. The molecule has 2 aliphatic rings. The van der Waals surface area contributed by atoms with Gasteiger partial charge in [0.15, 0.2) is 6.10 Å². The van der Waals surface area contributed by atoms with Crippen LogP contribution in [0.2, 0.25) is 5.02 Å². The van der Waals surface area contributed by atoms with E-state index in [0.29, 0.717) is 48.5 Å². The van der Waals surface area contributed by atoms with Crippen LogP contribution in [0.25, 0.3) is 0 Å². The molecule has 0 bridgehead atoms. The van der Waals surface area contributed by atoms with Crippen molar-refractivity contribution in [2.45, 2.75) is 19.4 Å². The third kappa shape index (κ3) is 4.62. The van der Waals surface area contributed by atoms with Crippen LogP contribution < -0.4 is 14.4 Å². The number of nitrogens with zero attached hydrogens (tertiary/aromatic N) is 2. The molecule has 0 N–H and O–H groups in total. The van der Waals surface area contributed by atoms with E-state index in [2.05, 4.69) is 0 Å². The van der Waals surface area contributed by atoms with Crippen molar-refractivity contribution in [1.29, 1.82) is 0 Å². The summed E-state index contributed by atoms with van der Waals surface area (Å²) in [6.07, 6.45) is -0.950. The van der Waals surface area contributed by atoms with Crippen LogP contribution in [0.15, 0.2) is 12.1 Å². The first kappa shape index (κ1) is 22.2. The second-order valence-electron chi connectivity index (χ2n) is 7.08. The average Bonchev–Trinajstić information content (AvgIpc) is 3.15. The molecule has 2 fully saturated rings. The Morgan fingerprint density at radius 2 is 1.83 bits per heavy atom. The molecule has 30 heavy (non-hydrogen) atoms. The van der Waals surface area contributed by atoms with E-state index >= 15 is 0 Å². The van der Waals surface area contributed by atoms with E-state index in [9.17, 15) is 14.4 Å². The number of rotatable bonds is 6. The molecule has 10 heteroatoms. The van der Waals surface area contributed by atoms with Gasteiger partial charge in [-0.1, -0.05) is 11.6 Å². The first-order valence-electron chi connectivity index (χ1n) is 9.64. The van der Waals surface area contributed by atoms with Crippen molar-refractivity contribution < 1.29 is 33.3 Å². The number of esters is 1. The van der Waals surface area contributed by atoms with Crippen molar-refractivity contribution in [3.8, 4) is 11.5 Å². The molecule has 9 nitrogen and oxygen atoms in total. The molecule has 2 unspecified atom stereocenters. The normalized spacial score (nSPS) is 20.1. The van der Waals surface area contributed by atoms with E-state index in [4.69, 9.17) is 30.5 Å². The molecule has 1 aromatic carbocycles. The van der Waals surface area contributed by atoms with E-state index < -0.39 is 18.0 Å². The molecule has 3 rings (SSSR count). The van der Waals surface area contributed by atoms with Crippen LogP contribution in [0.4, 0.5) is 5.69 Å². The Bertz CT molecular complexity index is 826. The zero-order valence-corrected chi connectivity index (χ0v) is 17.9. The summed E-state index contributed by atoms with van der Waals surface area (Å²) >= 11 is 6.20. The van der Waals surface area contributed by atoms with Gasteiger partial charge in [0.1, 0.15) is 11.5 Å². The molecule has 2 aliphatic heterocycles. The fourth-order valence-corrected chi connectivity index (χ4v) is 3.75. The maximum atomic E-state index is 12.6. The summed E-state index contributed by atoms with van der Waals surface area (Å²) in [4.78, 5) is 40.7. The summed E-state index contributed by atoms with van der Waals surface area (Å²) in [6.45, 7) is 3.50. The van der Waals surface area contributed by atoms with Crippen molar-refractivity contribution >= 4 is 35.1 Å². The monoisotopic (exact) mass is 440 g/mol. The zero-order chi connectivity index (χ0) is 21.8. The van der Waals surface area contributed by atoms with E-state index in [1.54, 1.807) is 17.0 Å². The molecule has 0 radical (unpaired) electrons. The zero-order valence-electron chi connectivity index (χ0n) is 17.2. The molecule has 2 atom stereocenters. The highest BCUT2D eigenvalue weighted by molar-refractivity contribution is 6.32. The number of hydrogen-bond acceptors (Lipinski definition) is 7. The maximum Gasteiger partial charge on any atom is 0.312 e. The Kier molecular flexibility index (Phi) is 7.04. The predicted octanol–water partition coefficient (Wildman–Crippen LogP) is 1.50. The summed E-state index contributed by atoms with van der Waals surface area (Å²) < 4.78 is 21.1. The van der Waals surface area contributed by atoms with Gasteiger partial charge in [0.25, 0.3) is 5.91 Å². The van der Waals surface area contributed by atoms with Gasteiger partial charge in [-0.2, -0.15) is 0 Å². The molecule has 0 saturated carbocycles. The van der Waals surface area contributed by atoms with Crippen molar-refractivity contribution in [1.82, 2.24) is 4.90 Å². The van der Waals surface area contributed by atoms with E-state index in [1.165, 1.54) is 26.0 Å². The molecule has 2 heterocycles. The molecule has 1 aromatic rings. The molecule has 0 aromatic heterocycles. The Balaban J connectivity index is 1.67. The van der Waals surface area contributed by atoms with Crippen LogP contribution in [0.3, 0.4) is 0 Å². The first-order valence-corrected chi connectivity index (χ1v) is 10.0. The molecule has 0 spiro atoms. The van der Waals surface area contributed by atoms with Crippen molar-refractivity contribution in [3.05, 3.63) is 17.2 Å². The van der Waals surface area contributed by atoms with Gasteiger partial charge in [0, 0.05) is 32.1 Å². The highest BCUT2D eigenvalue weighted by Crippen LogP contribution is 2.40. The molecule has 2 amide bonds. The van der Waals surface area contributed by atoms with Crippen LogP contribution in [0.5, 0.6) is 11.5 Å². The minimum absolute atomic E-state index is 0.0237. The van der Waals surface area contributed by atoms with E-state index in [1.807, 2.05) is 0 Å². The van der Waals surface area contributed by atoms with Gasteiger partial charge >= 0.3 is 5.97 Å². The SMILES string of the molecule is COc1cc(OC)c(N2CC(C(=O)OC(C)C(=O)N3CCOCC3)CC2=O)cc1Cl. The number of morpholine rings is 1. The van der Waals surface area contributed by atoms with Gasteiger partial charge in [-0.25, -0.2) is 0 Å². The van der Waals surface area contributed by atoms with E-state index in [-0.39, 0.29) is 24.8 Å². The van der Waals surface area contributed by atoms with Gasteiger partial charge < -0.3 is 28.7 Å². The quantitative estimate of drug-likeness (QED) is 0.618. The van der Waals surface area contributed by atoms with Crippen LogP contribution >= 0.6 is 11.6 Å². The highest BCUT2D eigenvalue weighted by atomic mass is 35.5. The summed E-state index contributed by atoms with van der Waals surface area (Å²) in [5.74, 6) is -0.994. The van der Waals surface area contributed by atoms with Crippen LogP contribution in [0.1, 0.15) is 13.3 Å². The minimum atomic E-state index is -0.926. The Morgan fingerprint density at radius 3 is 2.47 bits per heavy atom. The number of amides is 2. The number of hydrogen-bond donors (Lipinski definition) is 0. The van der Waals surface area contributed by atoms with Crippen LogP contribution in [-0.4, -0.2) is 75.9 Å². The van der Waals surface area contributed by atoms with Crippen molar-refractivity contribution in [3.63, 3.8) is 0 Å². The third-order valence-electron chi connectivity index (χ3n) is 5.17. The number of anilines is 1. The lowest BCUT2D eigenvalue weighted by Crippen LogP contribution is -2.46. The lowest BCUT2D eigenvalue weighted by molar-refractivity contribution is -0.163. The fourth-order valence-electron chi connectivity index (χ4n) is 3.52. The largest absolute Gasteiger partial charge is 0.495 e. The van der Waals surface area contributed by atoms with Crippen LogP contribution in [0, 0.1) is 5.92 Å². The number of benzene rings is 1. The summed E-state index contributed by atoms with van der Waals surface area (Å²) in [5, 5.41) is 0.317. The number of carbonyl (C=O) groups excluding carboxylic acids is 3. The summed E-state index contributed by atoms with van der Waals surface area (Å²) in [5.41, 5.74) is 0.445. The lowest BCUT2D eigenvalue weighted by atomic mass is 10.1. The Hall–Kier alpha value is -2.52. The molecule has 2 saturated heterocycles. The van der Waals surface area contributed by atoms with Gasteiger partial charge in [-0.15, -0.1) is 0 Å². The number of carbonyl (C=O) groups is 3. The lowest BCUT2D eigenvalue weighted by Gasteiger charge is -2.29. The summed E-state index contributed by atoms with van der Waals surface area (Å²) in [6, 6.07) is 3.15. The number of ether oxygens (including phenoxy) is 4. The van der Waals surface area contributed by atoms with Gasteiger partial charge in [0.05, 0.1) is 44.1 Å². The van der Waals surface area contributed by atoms with Gasteiger partial charge in [-0.3, -0.25) is 14.4 Å². The van der Waals surface area contributed by atoms with Crippen molar-refractivity contribution in [2.24, 2.45) is 5.92 Å². The highest BCUT2D eigenvalue weighted by Gasteiger charge is 2.39. The second-order valence-corrected chi connectivity index (χ2v) is 7.49. The molecular formula is C20H25ClN2O7. The topological polar surface area (TPSA) is 94.6 Å². The predicted molar refractivity (Wildman–Crippen MR) is 108 cm³/mol. The van der Waals surface area contributed by atoms with Crippen molar-refractivity contribution in [2.75, 3.05) is 52.0 Å². The van der Waals surface area contributed by atoms with Gasteiger partial charge in [-0.05, 0) is 13.0 Å². The fraction of sp³-hybridized carbons (Fsp3) is 0.550. The van der Waals surface area contributed by atoms with Crippen LogP contribution in [-0.2, 0) is 23.9 Å². The third-order valence-corrected chi connectivity index (χ3v) is 5.46. The standard InChI is InChI=1S/C20H25ClN2O7/c1-12(19(25)22-4-6-29-7-5-22)30-20(26)13-8-18(24)23(11-13)15-9-14(21)16(27-2)10-17(15)28-3/h9-10,12-13H,4-8,11H2,1-3H3. The number of methoxy groups -OCH3 is 2. The molecular weight excluding hydrogens is 416 g/mol. The first-order chi connectivity index (χ1) is 14.3. The minimum Gasteiger partial charge on any atom is -0.495 e. The smallest absolute Gasteiger partial charge is 0.312 e. The second kappa shape index (κ2) is 9.53. The maximum absolute atomic E-state index is 12.6. The average molecular weight is 441 g/mol. The number of halogens is 1. The Morgan fingerprint density at radius 1 is 1.17 bits per heavy atom.